The number of piperidine rings is 1. The van der Waals surface area contributed by atoms with Crippen molar-refractivity contribution in [3.8, 4) is 5.69 Å². The van der Waals surface area contributed by atoms with Crippen LogP contribution in [0.3, 0.4) is 0 Å². The van der Waals surface area contributed by atoms with Gasteiger partial charge in [-0.25, -0.2) is 17.8 Å². The van der Waals surface area contributed by atoms with Gasteiger partial charge in [0.1, 0.15) is 0 Å². The van der Waals surface area contributed by atoms with E-state index in [0.29, 0.717) is 30.2 Å². The van der Waals surface area contributed by atoms with Gasteiger partial charge in [-0.1, -0.05) is 11.6 Å². The first-order chi connectivity index (χ1) is 13.2. The third-order valence-electron chi connectivity index (χ3n) is 5.00. The summed E-state index contributed by atoms with van der Waals surface area (Å²) in [5, 5.41) is 5.07. The fourth-order valence-corrected chi connectivity index (χ4v) is 4.14. The minimum Gasteiger partial charge on any atom is -0.338 e. The molecular weight excluding hydrogens is 400 g/mol. The van der Waals surface area contributed by atoms with Crippen LogP contribution in [0.4, 0.5) is 0 Å². The molecule has 2 aromatic rings. The van der Waals surface area contributed by atoms with Crippen LogP contribution in [0.25, 0.3) is 5.69 Å². The molecule has 1 aliphatic rings. The van der Waals surface area contributed by atoms with Crippen LogP contribution in [0.2, 0.25) is 5.02 Å². The molecule has 2 heterocycles. The molecular formula is C19H25ClN4O3S. The van der Waals surface area contributed by atoms with Gasteiger partial charge in [-0.3, -0.25) is 4.79 Å². The lowest BCUT2D eigenvalue weighted by Crippen LogP contribution is -2.43. The van der Waals surface area contributed by atoms with Gasteiger partial charge in [0.05, 0.1) is 28.4 Å². The van der Waals surface area contributed by atoms with Crippen molar-refractivity contribution >= 4 is 27.5 Å². The van der Waals surface area contributed by atoms with Crippen LogP contribution in [0.5, 0.6) is 0 Å². The highest BCUT2D eigenvalue weighted by Crippen LogP contribution is 2.23. The smallest absolute Gasteiger partial charge is 0.253 e. The summed E-state index contributed by atoms with van der Waals surface area (Å²) >= 11 is 6.21. The maximum absolute atomic E-state index is 12.9. The quantitative estimate of drug-likeness (QED) is 0.799. The predicted molar refractivity (Wildman–Crippen MR) is 110 cm³/mol. The second-order valence-electron chi connectivity index (χ2n) is 7.32. The monoisotopic (exact) mass is 424 g/mol. The van der Waals surface area contributed by atoms with Gasteiger partial charge in [-0.2, -0.15) is 5.10 Å². The Morgan fingerprint density at radius 3 is 2.54 bits per heavy atom. The van der Waals surface area contributed by atoms with Crippen molar-refractivity contribution in [3.63, 3.8) is 0 Å². The highest BCUT2D eigenvalue weighted by atomic mass is 35.5. The molecule has 28 heavy (non-hydrogen) atoms. The number of nitrogens with one attached hydrogen (secondary N) is 1. The third-order valence-corrected chi connectivity index (χ3v) is 6.24. The molecule has 9 heteroatoms. The van der Waals surface area contributed by atoms with Gasteiger partial charge in [0.15, 0.2) is 0 Å². The first-order valence-corrected chi connectivity index (χ1v) is 11.5. The Bertz CT molecular complexity index is 970. The topological polar surface area (TPSA) is 84.3 Å². The van der Waals surface area contributed by atoms with E-state index in [9.17, 15) is 13.2 Å². The van der Waals surface area contributed by atoms with Crippen LogP contribution in [-0.4, -0.2) is 54.9 Å². The maximum atomic E-state index is 12.9. The van der Waals surface area contributed by atoms with E-state index in [0.717, 1.165) is 36.2 Å². The normalized spacial score (nSPS) is 17.7. The van der Waals surface area contributed by atoms with Crippen molar-refractivity contribution in [3.05, 3.63) is 46.2 Å². The lowest BCUT2D eigenvalue weighted by atomic mass is 9.97. The number of sulfonamides is 1. The molecule has 0 spiro atoms. The number of carbonyl (C=O) groups excluding carboxylic acids is 1. The summed E-state index contributed by atoms with van der Waals surface area (Å²) in [6.07, 6.45) is 2.92. The molecule has 1 saturated heterocycles. The van der Waals surface area contributed by atoms with Gasteiger partial charge in [0.25, 0.3) is 5.91 Å². The number of benzene rings is 1. The fraction of sp³-hybridized carbons (Fsp3) is 0.474. The summed E-state index contributed by atoms with van der Waals surface area (Å²) in [6.45, 7) is 5.36. The summed E-state index contributed by atoms with van der Waals surface area (Å²) in [4.78, 5) is 14.7. The van der Waals surface area contributed by atoms with E-state index < -0.39 is 10.0 Å². The van der Waals surface area contributed by atoms with E-state index >= 15 is 0 Å². The van der Waals surface area contributed by atoms with Crippen LogP contribution >= 0.6 is 11.6 Å². The average Bonchev–Trinajstić information content (AvgIpc) is 2.93. The summed E-state index contributed by atoms with van der Waals surface area (Å²) in [6, 6.07) is 7.30. The van der Waals surface area contributed by atoms with Gasteiger partial charge in [-0.15, -0.1) is 0 Å². The van der Waals surface area contributed by atoms with Crippen LogP contribution in [0, 0.1) is 19.8 Å². The molecule has 152 valence electrons. The Kier molecular flexibility index (Phi) is 6.12. The van der Waals surface area contributed by atoms with Crippen molar-refractivity contribution in [2.45, 2.75) is 26.7 Å². The Morgan fingerprint density at radius 1 is 1.29 bits per heavy atom. The standard InChI is InChI=1S/C19H25ClN4O3S/c1-13-18(20)14(2)24(22-13)17-8-6-16(7-9-17)19(25)23-10-4-5-15(12-23)11-21-28(3,26)27/h6-9,15,21H,4-5,10-12H2,1-3H3. The molecule has 0 radical (unpaired) electrons. The highest BCUT2D eigenvalue weighted by Gasteiger charge is 2.25. The second kappa shape index (κ2) is 8.23. The summed E-state index contributed by atoms with van der Waals surface area (Å²) in [5.74, 6) is 0.0885. The lowest BCUT2D eigenvalue weighted by Gasteiger charge is -2.32. The largest absolute Gasteiger partial charge is 0.338 e. The first-order valence-electron chi connectivity index (χ1n) is 9.22. The van der Waals surface area contributed by atoms with E-state index in [1.807, 2.05) is 26.0 Å². The third kappa shape index (κ3) is 4.74. The SMILES string of the molecule is Cc1nn(-c2ccc(C(=O)N3CCCC(CNS(C)(=O)=O)C3)cc2)c(C)c1Cl. The van der Waals surface area contributed by atoms with Gasteiger partial charge in [0.2, 0.25) is 10.0 Å². The van der Waals surface area contributed by atoms with Crippen LogP contribution in [0.15, 0.2) is 24.3 Å². The van der Waals surface area contributed by atoms with Crippen molar-refractivity contribution in [1.82, 2.24) is 19.4 Å². The summed E-state index contributed by atoms with van der Waals surface area (Å²) < 4.78 is 26.9. The van der Waals surface area contributed by atoms with Crippen LogP contribution in [0.1, 0.15) is 34.6 Å². The Morgan fingerprint density at radius 2 is 1.96 bits per heavy atom. The minimum atomic E-state index is -3.22. The molecule has 1 aliphatic heterocycles. The minimum absolute atomic E-state index is 0.0398. The number of hydrogen-bond donors (Lipinski definition) is 1. The van der Waals surface area contributed by atoms with Gasteiger partial charge < -0.3 is 4.90 Å². The zero-order chi connectivity index (χ0) is 20.5. The molecule has 7 nitrogen and oxygen atoms in total. The Hall–Kier alpha value is -1.90. The summed E-state index contributed by atoms with van der Waals surface area (Å²) in [5.41, 5.74) is 3.07. The number of likely N-dealkylation sites (tertiary alicyclic amines) is 1. The molecule has 0 aliphatic carbocycles. The molecule has 0 saturated carbocycles. The zero-order valence-electron chi connectivity index (χ0n) is 16.3. The van der Waals surface area contributed by atoms with Gasteiger partial charge in [0, 0.05) is 25.2 Å². The highest BCUT2D eigenvalue weighted by molar-refractivity contribution is 7.88. The summed E-state index contributed by atoms with van der Waals surface area (Å²) in [7, 11) is -3.22. The molecule has 1 fully saturated rings. The number of amides is 1. The lowest BCUT2D eigenvalue weighted by molar-refractivity contribution is 0.0676. The molecule has 1 aromatic heterocycles. The van der Waals surface area contributed by atoms with Crippen molar-refractivity contribution in [1.29, 1.82) is 0 Å². The zero-order valence-corrected chi connectivity index (χ0v) is 17.8. The van der Waals surface area contributed by atoms with Crippen LogP contribution < -0.4 is 4.72 Å². The number of hydrogen-bond acceptors (Lipinski definition) is 4. The van der Waals surface area contributed by atoms with E-state index in [4.69, 9.17) is 11.6 Å². The van der Waals surface area contributed by atoms with E-state index in [-0.39, 0.29) is 11.8 Å². The van der Waals surface area contributed by atoms with E-state index in [1.165, 1.54) is 0 Å². The van der Waals surface area contributed by atoms with Gasteiger partial charge >= 0.3 is 0 Å². The first kappa shape index (κ1) is 20.8. The molecule has 0 bridgehead atoms. The van der Waals surface area contributed by atoms with Crippen LogP contribution in [-0.2, 0) is 10.0 Å². The molecule has 1 aromatic carbocycles. The van der Waals surface area contributed by atoms with Gasteiger partial charge in [-0.05, 0) is 56.9 Å². The van der Waals surface area contributed by atoms with E-state index in [1.54, 1.807) is 21.7 Å². The Labute approximate surface area is 170 Å². The fourth-order valence-electron chi connectivity index (χ4n) is 3.49. The number of halogens is 1. The predicted octanol–water partition coefficient (Wildman–Crippen LogP) is 2.54. The second-order valence-corrected chi connectivity index (χ2v) is 9.53. The number of aryl methyl sites for hydroxylation is 1. The van der Waals surface area contributed by atoms with Crippen molar-refractivity contribution in [2.75, 3.05) is 25.9 Å². The molecule has 1 unspecified atom stereocenters. The van der Waals surface area contributed by atoms with Crippen molar-refractivity contribution in [2.24, 2.45) is 5.92 Å². The maximum Gasteiger partial charge on any atom is 0.253 e. The molecule has 1 amide bonds. The molecule has 1 atom stereocenters. The van der Waals surface area contributed by atoms with Crippen molar-refractivity contribution < 1.29 is 13.2 Å². The molecule has 1 N–H and O–H groups in total. The van der Waals surface area contributed by atoms with E-state index in [2.05, 4.69) is 9.82 Å². The number of rotatable bonds is 5. The number of nitrogens with zero attached hydrogens (tertiary/aromatic N) is 3. The Balaban J connectivity index is 1.69. The number of carbonyl (C=O) groups is 1. The number of aromatic nitrogens is 2. The molecule has 3 rings (SSSR count). The average molecular weight is 425 g/mol.